The lowest BCUT2D eigenvalue weighted by molar-refractivity contribution is 0.0470. The van der Waals surface area contributed by atoms with E-state index < -0.39 is 5.60 Å². The third-order valence-electron chi connectivity index (χ3n) is 3.89. The summed E-state index contributed by atoms with van der Waals surface area (Å²) in [6.45, 7) is 14.1. The summed E-state index contributed by atoms with van der Waals surface area (Å²) in [5.41, 5.74) is -0.637. The molecule has 0 unspecified atom stereocenters. The second-order valence-corrected chi connectivity index (χ2v) is 8.95. The molecule has 2 rings (SSSR count). The Morgan fingerprint density at radius 2 is 1.88 bits per heavy atom. The number of ether oxygens (including phenoxy) is 1. The van der Waals surface area contributed by atoms with Crippen LogP contribution in [0.3, 0.4) is 0 Å². The summed E-state index contributed by atoms with van der Waals surface area (Å²) in [5.74, 6) is 0.652. The van der Waals surface area contributed by atoms with Gasteiger partial charge in [-0.25, -0.2) is 9.48 Å². The van der Waals surface area contributed by atoms with Crippen LogP contribution < -0.4 is 5.32 Å². The van der Waals surface area contributed by atoms with Crippen molar-refractivity contribution in [1.29, 1.82) is 0 Å². The van der Waals surface area contributed by atoms with E-state index in [4.69, 9.17) is 21.4 Å². The molecule has 1 saturated heterocycles. The molecule has 142 valence electrons. The second-order valence-electron chi connectivity index (χ2n) is 8.60. The van der Waals surface area contributed by atoms with Crippen LogP contribution in [0.25, 0.3) is 0 Å². The number of nitrogens with zero attached hydrogens (tertiary/aromatic N) is 3. The van der Waals surface area contributed by atoms with Crippen molar-refractivity contribution in [2.75, 3.05) is 13.1 Å². The number of hydrogen-bond acceptors (Lipinski definition) is 6. The van der Waals surface area contributed by atoms with Gasteiger partial charge in [-0.15, -0.1) is 5.10 Å². The number of amides is 1. The molecule has 0 radical (unpaired) electrons. The molecule has 1 N–H and O–H groups in total. The number of aromatic nitrogens is 2. The Kier molecular flexibility index (Phi) is 5.93. The molecule has 25 heavy (non-hydrogen) atoms. The van der Waals surface area contributed by atoms with Gasteiger partial charge in [0.15, 0.2) is 0 Å². The average molecular weight is 371 g/mol. The van der Waals surface area contributed by atoms with Crippen LogP contribution >= 0.6 is 12.2 Å². The van der Waals surface area contributed by atoms with Crippen LogP contribution in [0.2, 0.25) is 0 Å². The van der Waals surface area contributed by atoms with Gasteiger partial charge < -0.3 is 14.5 Å². The topological polar surface area (TPSA) is 72.5 Å². The van der Waals surface area contributed by atoms with Crippen LogP contribution in [0.5, 0.6) is 0 Å². The largest absolute Gasteiger partial charge is 0.444 e. The zero-order valence-corrected chi connectivity index (χ0v) is 16.9. The normalized spacial score (nSPS) is 17.5. The monoisotopic (exact) mass is 370 g/mol. The van der Waals surface area contributed by atoms with Gasteiger partial charge in [-0.2, -0.15) is 0 Å². The average Bonchev–Trinajstić information content (AvgIpc) is 2.80. The maximum Gasteiger partial charge on any atom is 0.407 e. The highest BCUT2D eigenvalue weighted by molar-refractivity contribution is 7.71. The van der Waals surface area contributed by atoms with Gasteiger partial charge in [0.2, 0.25) is 5.89 Å². The molecule has 1 aliphatic heterocycles. The quantitative estimate of drug-likeness (QED) is 0.822. The van der Waals surface area contributed by atoms with Gasteiger partial charge in [-0.3, -0.25) is 4.90 Å². The Morgan fingerprint density at radius 3 is 2.36 bits per heavy atom. The Bertz CT molecular complexity index is 646. The molecule has 0 spiro atoms. The predicted molar refractivity (Wildman–Crippen MR) is 98.0 cm³/mol. The number of nitrogens with one attached hydrogen (secondary N) is 1. The first-order valence-corrected chi connectivity index (χ1v) is 9.15. The summed E-state index contributed by atoms with van der Waals surface area (Å²) in [6, 6.07) is 0.140. The molecule has 1 aliphatic rings. The van der Waals surface area contributed by atoms with Gasteiger partial charge >= 0.3 is 6.09 Å². The molecule has 2 heterocycles. The number of carbonyl (C=O) groups excluding carboxylic acids is 1. The first-order valence-electron chi connectivity index (χ1n) is 8.74. The number of likely N-dealkylation sites (tertiary alicyclic amines) is 1. The van der Waals surface area contributed by atoms with E-state index in [2.05, 4.69) is 15.3 Å². The zero-order chi connectivity index (χ0) is 18.8. The highest BCUT2D eigenvalue weighted by Crippen LogP contribution is 2.21. The Balaban J connectivity index is 1.84. The van der Waals surface area contributed by atoms with Gasteiger partial charge in [0.05, 0.1) is 6.67 Å². The minimum Gasteiger partial charge on any atom is -0.444 e. The number of rotatable bonds is 3. The van der Waals surface area contributed by atoms with Crippen molar-refractivity contribution in [3.63, 3.8) is 0 Å². The van der Waals surface area contributed by atoms with Crippen molar-refractivity contribution in [2.45, 2.75) is 78.1 Å². The van der Waals surface area contributed by atoms with Gasteiger partial charge in [-0.1, -0.05) is 20.8 Å². The fourth-order valence-electron chi connectivity index (χ4n) is 2.58. The third kappa shape index (κ3) is 6.11. The molecule has 0 atom stereocenters. The highest BCUT2D eigenvalue weighted by Gasteiger charge is 2.25. The van der Waals surface area contributed by atoms with Crippen molar-refractivity contribution < 1.29 is 13.9 Å². The number of hydrogen-bond donors (Lipinski definition) is 1. The van der Waals surface area contributed by atoms with Gasteiger partial charge in [0.1, 0.15) is 5.60 Å². The van der Waals surface area contributed by atoms with E-state index in [1.165, 1.54) is 0 Å². The van der Waals surface area contributed by atoms with E-state index >= 15 is 0 Å². The Labute approximate surface area is 154 Å². The fraction of sp³-hybridized carbons (Fsp3) is 0.824. The Morgan fingerprint density at radius 1 is 1.28 bits per heavy atom. The summed E-state index contributed by atoms with van der Waals surface area (Å²) in [6.07, 6.45) is 1.40. The number of carbonyl (C=O) groups is 1. The molecule has 8 heteroatoms. The summed E-state index contributed by atoms with van der Waals surface area (Å²) >= 11 is 5.27. The van der Waals surface area contributed by atoms with E-state index in [-0.39, 0.29) is 17.6 Å². The second kappa shape index (κ2) is 7.45. The smallest absolute Gasteiger partial charge is 0.407 e. The molecule has 1 aromatic heterocycles. The SMILES string of the molecule is CC(C)(C)OC(=O)NC1CCN(Cn2nc(C(C)(C)C)oc2=S)CC1. The van der Waals surface area contributed by atoms with E-state index in [1.54, 1.807) is 4.68 Å². The summed E-state index contributed by atoms with van der Waals surface area (Å²) < 4.78 is 12.7. The molecule has 0 aliphatic carbocycles. The molecule has 0 aromatic carbocycles. The minimum absolute atomic E-state index is 0.140. The lowest BCUT2D eigenvalue weighted by Crippen LogP contribution is -2.46. The van der Waals surface area contributed by atoms with Gasteiger partial charge in [-0.05, 0) is 45.8 Å². The van der Waals surface area contributed by atoms with Crippen LogP contribution in [-0.4, -0.2) is 45.5 Å². The van der Waals surface area contributed by atoms with E-state index in [9.17, 15) is 4.79 Å². The summed E-state index contributed by atoms with van der Waals surface area (Å²) in [5, 5.41) is 7.44. The molecule has 1 fully saturated rings. The summed E-state index contributed by atoms with van der Waals surface area (Å²) in [4.78, 5) is 14.5. The van der Waals surface area contributed by atoms with Crippen molar-refractivity contribution in [1.82, 2.24) is 20.0 Å². The molecular weight excluding hydrogens is 340 g/mol. The first kappa shape index (κ1) is 19.9. The number of alkyl carbamates (subject to hydrolysis) is 1. The number of piperidine rings is 1. The van der Waals surface area contributed by atoms with Gasteiger partial charge in [0, 0.05) is 24.5 Å². The van der Waals surface area contributed by atoms with Crippen LogP contribution in [0.15, 0.2) is 4.42 Å². The van der Waals surface area contributed by atoms with Crippen LogP contribution in [-0.2, 0) is 16.8 Å². The van der Waals surface area contributed by atoms with Crippen LogP contribution in [0, 0.1) is 4.84 Å². The minimum atomic E-state index is -0.473. The van der Waals surface area contributed by atoms with Crippen molar-refractivity contribution in [3.8, 4) is 0 Å². The third-order valence-corrected chi connectivity index (χ3v) is 4.18. The molecular formula is C17H30N4O3S. The Hall–Kier alpha value is -1.41. The maximum absolute atomic E-state index is 11.9. The van der Waals surface area contributed by atoms with E-state index in [0.717, 1.165) is 25.9 Å². The molecule has 1 aromatic rings. The van der Waals surface area contributed by atoms with E-state index in [1.807, 2.05) is 41.5 Å². The summed E-state index contributed by atoms with van der Waals surface area (Å²) in [7, 11) is 0. The lowest BCUT2D eigenvalue weighted by atomic mass is 9.97. The zero-order valence-electron chi connectivity index (χ0n) is 16.1. The maximum atomic E-state index is 11.9. The fourth-order valence-corrected chi connectivity index (χ4v) is 2.76. The van der Waals surface area contributed by atoms with E-state index in [0.29, 0.717) is 17.4 Å². The standard InChI is InChI=1S/C17H30N4O3S/c1-16(2,3)13-19-21(15(25)23-13)11-20-9-7-12(8-10-20)18-14(22)24-17(4,5)6/h12H,7-11H2,1-6H3,(H,18,22). The van der Waals surface area contributed by atoms with Crippen molar-refractivity contribution in [3.05, 3.63) is 10.7 Å². The van der Waals surface area contributed by atoms with Crippen molar-refractivity contribution in [2.24, 2.45) is 0 Å². The molecule has 7 nitrogen and oxygen atoms in total. The first-order chi connectivity index (χ1) is 11.4. The molecule has 1 amide bonds. The highest BCUT2D eigenvalue weighted by atomic mass is 32.1. The molecule has 0 bridgehead atoms. The van der Waals surface area contributed by atoms with Crippen LogP contribution in [0.4, 0.5) is 4.79 Å². The van der Waals surface area contributed by atoms with Crippen LogP contribution in [0.1, 0.15) is 60.3 Å². The molecule has 0 saturated carbocycles. The van der Waals surface area contributed by atoms with Crippen molar-refractivity contribution >= 4 is 18.3 Å². The van der Waals surface area contributed by atoms with Gasteiger partial charge in [0.25, 0.3) is 4.84 Å². The lowest BCUT2D eigenvalue weighted by Gasteiger charge is -2.32. The predicted octanol–water partition coefficient (Wildman–Crippen LogP) is 3.45.